The van der Waals surface area contributed by atoms with Crippen LogP contribution in [0.4, 0.5) is 0 Å². The number of ether oxygens (including phenoxy) is 1. The Kier molecular flexibility index (Phi) is 3.66. The van der Waals surface area contributed by atoms with E-state index in [0.717, 1.165) is 0 Å². The fraction of sp³-hybridized carbons (Fsp3) is 0.100. The Hall–Kier alpha value is -0.810. The molecule has 0 aliphatic rings. The first-order valence-electron chi connectivity index (χ1n) is 4.38. The van der Waals surface area contributed by atoms with E-state index in [0.29, 0.717) is 20.8 Å². The zero-order chi connectivity index (χ0) is 11.5. The van der Waals surface area contributed by atoms with Crippen molar-refractivity contribution in [3.63, 3.8) is 0 Å². The second kappa shape index (κ2) is 5.01. The number of halogens is 2. The molecule has 0 saturated carbocycles. The predicted octanol–water partition coefficient (Wildman–Crippen LogP) is 3.73. The highest BCUT2D eigenvalue weighted by Gasteiger charge is 2.10. The molecule has 0 radical (unpaired) electrons. The number of hydrogen-bond donors (Lipinski definition) is 1. The van der Waals surface area contributed by atoms with E-state index in [-0.39, 0.29) is 11.8 Å². The summed E-state index contributed by atoms with van der Waals surface area (Å²) in [4.78, 5) is 4.55. The van der Waals surface area contributed by atoms with Gasteiger partial charge in [0.1, 0.15) is 10.9 Å². The number of aromatic nitrogens is 1. The molecule has 2 rings (SSSR count). The minimum atomic E-state index is -0.143. The lowest BCUT2D eigenvalue weighted by molar-refractivity contribution is 0.285. The molecule has 0 fully saturated rings. The van der Waals surface area contributed by atoms with E-state index >= 15 is 0 Å². The monoisotopic (exact) mass is 275 g/mol. The lowest BCUT2D eigenvalue weighted by Gasteiger charge is -2.00. The molecule has 0 spiro atoms. The Morgan fingerprint density at radius 2 is 2.19 bits per heavy atom. The van der Waals surface area contributed by atoms with E-state index in [1.54, 1.807) is 24.3 Å². The molecule has 0 aliphatic carbocycles. The van der Waals surface area contributed by atoms with E-state index in [9.17, 15) is 0 Å². The lowest BCUT2D eigenvalue weighted by atomic mass is 10.3. The van der Waals surface area contributed by atoms with E-state index in [4.69, 9.17) is 33.0 Å². The van der Waals surface area contributed by atoms with Crippen LogP contribution in [0.25, 0.3) is 0 Å². The van der Waals surface area contributed by atoms with Gasteiger partial charge in [-0.1, -0.05) is 40.6 Å². The Morgan fingerprint density at radius 3 is 2.81 bits per heavy atom. The Morgan fingerprint density at radius 1 is 1.38 bits per heavy atom. The van der Waals surface area contributed by atoms with Crippen molar-refractivity contribution in [1.29, 1.82) is 0 Å². The molecule has 3 nitrogen and oxygen atoms in total. The molecule has 2 aromatic rings. The molecule has 1 aromatic heterocycles. The van der Waals surface area contributed by atoms with Crippen molar-refractivity contribution in [3.8, 4) is 10.9 Å². The maximum absolute atomic E-state index is 8.95. The smallest absolute Gasteiger partial charge is 0.280 e. The van der Waals surface area contributed by atoms with Crippen LogP contribution in [0.3, 0.4) is 0 Å². The highest BCUT2D eigenvalue weighted by molar-refractivity contribution is 7.13. The maximum Gasteiger partial charge on any atom is 0.280 e. The van der Waals surface area contributed by atoms with E-state index in [1.807, 2.05) is 0 Å². The van der Waals surface area contributed by atoms with Crippen molar-refractivity contribution < 1.29 is 9.84 Å². The number of rotatable bonds is 3. The standard InChI is InChI=1S/C10H7Cl2NO2S/c11-6-2-1-3-7(4-6)15-10-13-9(12)8(5-14)16-10/h1-4,14H,5H2. The molecule has 1 heterocycles. The topological polar surface area (TPSA) is 42.4 Å². The summed E-state index contributed by atoms with van der Waals surface area (Å²) in [6.45, 7) is -0.143. The van der Waals surface area contributed by atoms with Gasteiger partial charge in [-0.05, 0) is 18.2 Å². The van der Waals surface area contributed by atoms with Crippen LogP contribution in [0, 0.1) is 0 Å². The summed E-state index contributed by atoms with van der Waals surface area (Å²) >= 11 is 12.8. The minimum absolute atomic E-state index is 0.143. The van der Waals surface area contributed by atoms with Crippen LogP contribution in [-0.4, -0.2) is 10.1 Å². The van der Waals surface area contributed by atoms with Crippen LogP contribution in [-0.2, 0) is 6.61 Å². The van der Waals surface area contributed by atoms with Gasteiger partial charge in [0, 0.05) is 5.02 Å². The SMILES string of the molecule is OCc1sc(Oc2cccc(Cl)c2)nc1Cl. The molecule has 84 valence electrons. The zero-order valence-electron chi connectivity index (χ0n) is 7.98. The average molecular weight is 276 g/mol. The van der Waals surface area contributed by atoms with Crippen molar-refractivity contribution in [1.82, 2.24) is 4.98 Å². The molecule has 0 unspecified atom stereocenters. The van der Waals surface area contributed by atoms with Crippen LogP contribution in [0.15, 0.2) is 24.3 Å². The lowest BCUT2D eigenvalue weighted by Crippen LogP contribution is -1.81. The van der Waals surface area contributed by atoms with Crippen molar-refractivity contribution in [3.05, 3.63) is 39.3 Å². The predicted molar refractivity (Wildman–Crippen MR) is 64.6 cm³/mol. The van der Waals surface area contributed by atoms with Crippen molar-refractivity contribution in [2.24, 2.45) is 0 Å². The fourth-order valence-electron chi connectivity index (χ4n) is 1.09. The quantitative estimate of drug-likeness (QED) is 0.928. The Balaban J connectivity index is 2.20. The third kappa shape index (κ3) is 2.65. The van der Waals surface area contributed by atoms with Gasteiger partial charge in [-0.3, -0.25) is 0 Å². The molecule has 1 aromatic carbocycles. The van der Waals surface area contributed by atoms with Gasteiger partial charge in [-0.25, -0.2) is 0 Å². The molecule has 6 heteroatoms. The summed E-state index contributed by atoms with van der Waals surface area (Å²) in [5.74, 6) is 0.586. The van der Waals surface area contributed by atoms with Gasteiger partial charge in [-0.2, -0.15) is 4.98 Å². The summed E-state index contributed by atoms with van der Waals surface area (Å²) in [5.41, 5.74) is 0. The molecule has 16 heavy (non-hydrogen) atoms. The van der Waals surface area contributed by atoms with Gasteiger partial charge >= 0.3 is 0 Å². The number of thiazole rings is 1. The Labute approximate surface area is 106 Å². The van der Waals surface area contributed by atoms with Crippen molar-refractivity contribution in [2.75, 3.05) is 0 Å². The summed E-state index contributed by atoms with van der Waals surface area (Å²) in [7, 11) is 0. The van der Waals surface area contributed by atoms with Crippen LogP contribution >= 0.6 is 34.5 Å². The second-order valence-electron chi connectivity index (χ2n) is 2.91. The number of benzene rings is 1. The van der Waals surface area contributed by atoms with Gasteiger partial charge in [-0.15, -0.1) is 0 Å². The minimum Gasteiger partial charge on any atom is -0.431 e. The van der Waals surface area contributed by atoms with E-state index < -0.39 is 0 Å². The van der Waals surface area contributed by atoms with E-state index in [1.165, 1.54) is 11.3 Å². The largest absolute Gasteiger partial charge is 0.431 e. The zero-order valence-corrected chi connectivity index (χ0v) is 10.3. The van der Waals surface area contributed by atoms with Gasteiger partial charge in [0.2, 0.25) is 0 Å². The first-order valence-corrected chi connectivity index (χ1v) is 5.96. The summed E-state index contributed by atoms with van der Waals surface area (Å²) in [6, 6.07) is 6.97. The molecule has 0 amide bonds. The third-order valence-corrected chi connectivity index (χ3v) is 3.35. The third-order valence-electron chi connectivity index (χ3n) is 1.77. The average Bonchev–Trinajstić information content (AvgIpc) is 2.58. The number of hydrogen-bond acceptors (Lipinski definition) is 4. The molecule has 0 saturated heterocycles. The van der Waals surface area contributed by atoms with Crippen molar-refractivity contribution in [2.45, 2.75) is 6.61 Å². The Bertz CT molecular complexity index is 501. The molecule has 0 aliphatic heterocycles. The normalized spacial score (nSPS) is 10.4. The fourth-order valence-corrected chi connectivity index (χ4v) is 2.25. The first-order chi connectivity index (χ1) is 7.69. The van der Waals surface area contributed by atoms with Gasteiger partial charge in [0.25, 0.3) is 5.19 Å². The molecule has 0 bridgehead atoms. The second-order valence-corrected chi connectivity index (χ2v) is 4.75. The summed E-state index contributed by atoms with van der Waals surface area (Å²) < 4.78 is 5.45. The summed E-state index contributed by atoms with van der Waals surface area (Å²) in [6.07, 6.45) is 0. The number of aliphatic hydroxyl groups is 1. The van der Waals surface area contributed by atoms with Crippen LogP contribution in [0.5, 0.6) is 10.9 Å². The molecule has 0 atom stereocenters. The molecular weight excluding hydrogens is 269 g/mol. The van der Waals surface area contributed by atoms with E-state index in [2.05, 4.69) is 4.98 Å². The highest BCUT2D eigenvalue weighted by Crippen LogP contribution is 2.32. The van der Waals surface area contributed by atoms with Gasteiger partial charge in [0.05, 0.1) is 11.5 Å². The number of nitrogens with zero attached hydrogens (tertiary/aromatic N) is 1. The summed E-state index contributed by atoms with van der Waals surface area (Å²) in [5, 5.41) is 10.2. The number of aliphatic hydroxyl groups excluding tert-OH is 1. The molecule has 1 N–H and O–H groups in total. The maximum atomic E-state index is 8.95. The van der Waals surface area contributed by atoms with Gasteiger partial charge < -0.3 is 9.84 Å². The molecular formula is C10H7Cl2NO2S. The van der Waals surface area contributed by atoms with Crippen LogP contribution in [0.1, 0.15) is 4.88 Å². The highest BCUT2D eigenvalue weighted by atomic mass is 35.5. The first kappa shape index (κ1) is 11.7. The van der Waals surface area contributed by atoms with Crippen LogP contribution < -0.4 is 4.74 Å². The van der Waals surface area contributed by atoms with Gasteiger partial charge in [0.15, 0.2) is 0 Å². The van der Waals surface area contributed by atoms with Crippen LogP contribution in [0.2, 0.25) is 10.2 Å². The van der Waals surface area contributed by atoms with Crippen molar-refractivity contribution >= 4 is 34.5 Å².